The van der Waals surface area contributed by atoms with Crippen LogP contribution in [0.4, 0.5) is 5.69 Å². The fourth-order valence-corrected chi connectivity index (χ4v) is 3.70. The Bertz CT molecular complexity index is 1090. The van der Waals surface area contributed by atoms with E-state index in [9.17, 15) is 9.59 Å². The molecule has 29 heavy (non-hydrogen) atoms. The van der Waals surface area contributed by atoms with Gasteiger partial charge in [0.25, 0.3) is 5.91 Å². The maximum Gasteiger partial charge on any atom is 0.339 e. The van der Waals surface area contributed by atoms with Crippen molar-refractivity contribution < 1.29 is 19.1 Å². The van der Waals surface area contributed by atoms with Crippen LogP contribution in [0.5, 0.6) is 5.75 Å². The van der Waals surface area contributed by atoms with Crippen LogP contribution in [0.15, 0.2) is 48.5 Å². The molecule has 1 amide bonds. The second-order valence-electron chi connectivity index (χ2n) is 7.02. The second-order valence-corrected chi connectivity index (χ2v) is 7.02. The highest BCUT2D eigenvalue weighted by Gasteiger charge is 2.27. The molecule has 0 spiro atoms. The number of hydrogen-bond acceptors (Lipinski definition) is 5. The summed E-state index contributed by atoms with van der Waals surface area (Å²) in [6, 6.07) is 14.6. The van der Waals surface area contributed by atoms with Gasteiger partial charge in [-0.2, -0.15) is 0 Å². The van der Waals surface area contributed by atoms with Crippen LogP contribution in [0, 0.1) is 0 Å². The molecule has 3 aromatic rings. The number of esters is 1. The number of nitrogens with one attached hydrogen (secondary N) is 1. The van der Waals surface area contributed by atoms with Crippen LogP contribution in [-0.4, -0.2) is 30.1 Å². The van der Waals surface area contributed by atoms with E-state index < -0.39 is 18.0 Å². The van der Waals surface area contributed by atoms with Gasteiger partial charge in [-0.15, -0.1) is 0 Å². The zero-order valence-electron chi connectivity index (χ0n) is 16.4. The number of fused-ring (bicyclic) bond motifs is 2. The SMILES string of the molecule is COc1ccccc1NC(=O)C(C)OC(=O)c1c2c(nc3ccccc13)CCC2. The van der Waals surface area contributed by atoms with Gasteiger partial charge in [-0.25, -0.2) is 4.79 Å². The number of carbonyl (C=O) groups is 2. The normalized spacial score (nSPS) is 13.6. The molecular weight excluding hydrogens is 368 g/mol. The van der Waals surface area contributed by atoms with Gasteiger partial charge in [0, 0.05) is 11.1 Å². The van der Waals surface area contributed by atoms with E-state index in [-0.39, 0.29) is 0 Å². The van der Waals surface area contributed by atoms with Crippen molar-refractivity contribution >= 4 is 28.5 Å². The Labute approximate surface area is 168 Å². The Balaban J connectivity index is 1.57. The van der Waals surface area contributed by atoms with Crippen molar-refractivity contribution in [2.45, 2.75) is 32.3 Å². The first-order valence-electron chi connectivity index (χ1n) is 9.64. The van der Waals surface area contributed by atoms with E-state index >= 15 is 0 Å². The molecule has 1 aromatic heterocycles. The van der Waals surface area contributed by atoms with Crippen molar-refractivity contribution in [1.29, 1.82) is 0 Å². The lowest BCUT2D eigenvalue weighted by molar-refractivity contribution is -0.123. The maximum absolute atomic E-state index is 13.1. The molecule has 6 nitrogen and oxygen atoms in total. The molecular formula is C23H22N2O4. The molecule has 1 unspecified atom stereocenters. The molecule has 6 heteroatoms. The number of methoxy groups -OCH3 is 1. The summed E-state index contributed by atoms with van der Waals surface area (Å²) in [6.45, 7) is 1.56. The molecule has 0 fully saturated rings. The number of aromatic nitrogens is 1. The third-order valence-corrected chi connectivity index (χ3v) is 5.14. The predicted octanol–water partition coefficient (Wildman–Crippen LogP) is 3.92. The monoisotopic (exact) mass is 390 g/mol. The molecule has 1 aliphatic rings. The van der Waals surface area contributed by atoms with Gasteiger partial charge in [0.1, 0.15) is 5.75 Å². The Hall–Kier alpha value is -3.41. The minimum Gasteiger partial charge on any atom is -0.495 e. The van der Waals surface area contributed by atoms with E-state index in [1.165, 1.54) is 7.11 Å². The largest absolute Gasteiger partial charge is 0.495 e. The molecule has 0 saturated carbocycles. The van der Waals surface area contributed by atoms with Crippen molar-refractivity contribution in [3.63, 3.8) is 0 Å². The van der Waals surface area contributed by atoms with Crippen molar-refractivity contribution in [3.8, 4) is 5.75 Å². The number of carbonyl (C=O) groups excluding carboxylic acids is 2. The minimum absolute atomic E-state index is 0.419. The summed E-state index contributed by atoms with van der Waals surface area (Å²) in [4.78, 5) is 30.3. The van der Waals surface area contributed by atoms with Crippen molar-refractivity contribution in [1.82, 2.24) is 4.98 Å². The number of rotatable bonds is 5. The van der Waals surface area contributed by atoms with E-state index in [0.29, 0.717) is 17.0 Å². The smallest absolute Gasteiger partial charge is 0.339 e. The average molecular weight is 390 g/mol. The summed E-state index contributed by atoms with van der Waals surface area (Å²) in [5, 5.41) is 3.51. The van der Waals surface area contributed by atoms with Crippen LogP contribution in [0.25, 0.3) is 10.9 Å². The molecule has 0 bridgehead atoms. The quantitative estimate of drug-likeness (QED) is 0.668. The summed E-state index contributed by atoms with van der Waals surface area (Å²) in [7, 11) is 1.53. The molecule has 1 N–H and O–H groups in total. The van der Waals surface area contributed by atoms with Gasteiger partial charge in [0.2, 0.25) is 0 Å². The molecule has 4 rings (SSSR count). The van der Waals surface area contributed by atoms with E-state index in [1.54, 1.807) is 25.1 Å². The molecule has 1 heterocycles. The number of amides is 1. The lowest BCUT2D eigenvalue weighted by Gasteiger charge is -2.17. The minimum atomic E-state index is -0.962. The standard InChI is InChI=1S/C23H22N2O4/c1-14(22(26)25-19-11-5-6-13-20(19)28-2)29-23(27)21-15-8-3-4-10-17(15)24-18-12-7-9-16(18)21/h3-6,8,10-11,13-14H,7,9,12H2,1-2H3,(H,25,26). The van der Waals surface area contributed by atoms with E-state index in [0.717, 1.165) is 41.4 Å². The zero-order valence-corrected chi connectivity index (χ0v) is 16.4. The van der Waals surface area contributed by atoms with Crippen LogP contribution in [0.2, 0.25) is 0 Å². The lowest BCUT2D eigenvalue weighted by Crippen LogP contribution is -2.30. The van der Waals surface area contributed by atoms with Gasteiger partial charge >= 0.3 is 5.97 Å². The summed E-state index contributed by atoms with van der Waals surface area (Å²) in [5.74, 6) is -0.375. The predicted molar refractivity (Wildman–Crippen MR) is 110 cm³/mol. The average Bonchev–Trinajstić information content (AvgIpc) is 3.20. The third-order valence-electron chi connectivity index (χ3n) is 5.14. The Kier molecular flexibility index (Phi) is 5.16. The van der Waals surface area contributed by atoms with Gasteiger partial charge in [-0.1, -0.05) is 30.3 Å². The number of pyridine rings is 1. The first-order chi connectivity index (χ1) is 14.1. The second kappa shape index (κ2) is 7.91. The summed E-state index contributed by atoms with van der Waals surface area (Å²) in [5.41, 5.74) is 3.71. The highest BCUT2D eigenvalue weighted by Crippen LogP contribution is 2.31. The maximum atomic E-state index is 13.1. The first-order valence-corrected chi connectivity index (χ1v) is 9.64. The zero-order chi connectivity index (χ0) is 20.4. The van der Waals surface area contributed by atoms with Gasteiger partial charge in [0.15, 0.2) is 6.10 Å². The molecule has 0 aliphatic heterocycles. The van der Waals surface area contributed by atoms with Crippen LogP contribution < -0.4 is 10.1 Å². The topological polar surface area (TPSA) is 77.5 Å². The fraction of sp³-hybridized carbons (Fsp3) is 0.261. The van der Waals surface area contributed by atoms with Crippen molar-refractivity contribution in [2.24, 2.45) is 0 Å². The Morgan fingerprint density at radius 3 is 2.66 bits per heavy atom. The number of ether oxygens (including phenoxy) is 2. The highest BCUT2D eigenvalue weighted by molar-refractivity contribution is 6.06. The summed E-state index contributed by atoms with van der Waals surface area (Å²) in [6.07, 6.45) is 1.64. The molecule has 0 saturated heterocycles. The number of para-hydroxylation sites is 3. The van der Waals surface area contributed by atoms with Crippen LogP contribution in [0.1, 0.15) is 35.0 Å². The molecule has 1 aliphatic carbocycles. The van der Waals surface area contributed by atoms with E-state index in [1.807, 2.05) is 30.3 Å². The van der Waals surface area contributed by atoms with Crippen LogP contribution in [0.3, 0.4) is 0 Å². The molecule has 0 radical (unpaired) electrons. The van der Waals surface area contributed by atoms with Gasteiger partial charge < -0.3 is 14.8 Å². The molecule has 148 valence electrons. The number of aryl methyl sites for hydroxylation is 1. The Morgan fingerprint density at radius 1 is 1.07 bits per heavy atom. The van der Waals surface area contributed by atoms with Gasteiger partial charge in [-0.05, 0) is 49.9 Å². The summed E-state index contributed by atoms with van der Waals surface area (Å²) >= 11 is 0. The third kappa shape index (κ3) is 3.66. The first kappa shape index (κ1) is 18.9. The number of benzene rings is 2. The van der Waals surface area contributed by atoms with Crippen LogP contribution in [-0.2, 0) is 22.4 Å². The van der Waals surface area contributed by atoms with Crippen molar-refractivity contribution in [2.75, 3.05) is 12.4 Å². The molecule has 1 atom stereocenters. The van der Waals surface area contributed by atoms with Crippen molar-refractivity contribution in [3.05, 3.63) is 65.4 Å². The van der Waals surface area contributed by atoms with E-state index in [4.69, 9.17) is 9.47 Å². The fourth-order valence-electron chi connectivity index (χ4n) is 3.70. The highest BCUT2D eigenvalue weighted by atomic mass is 16.5. The van der Waals surface area contributed by atoms with E-state index in [2.05, 4.69) is 10.3 Å². The molecule has 2 aromatic carbocycles. The van der Waals surface area contributed by atoms with Gasteiger partial charge in [-0.3, -0.25) is 9.78 Å². The lowest BCUT2D eigenvalue weighted by atomic mass is 10.0. The van der Waals surface area contributed by atoms with Gasteiger partial charge in [0.05, 0.1) is 23.9 Å². The van der Waals surface area contributed by atoms with Crippen LogP contribution >= 0.6 is 0 Å². The Morgan fingerprint density at radius 2 is 1.83 bits per heavy atom. The number of nitrogens with zero attached hydrogens (tertiary/aromatic N) is 1. The summed E-state index contributed by atoms with van der Waals surface area (Å²) < 4.78 is 10.8. The number of anilines is 1. The number of hydrogen-bond donors (Lipinski definition) is 1.